The van der Waals surface area contributed by atoms with Crippen LogP contribution in [0.5, 0.6) is 0 Å². The van der Waals surface area contributed by atoms with Gasteiger partial charge in [-0.05, 0) is 32.4 Å². The predicted molar refractivity (Wildman–Crippen MR) is 91.1 cm³/mol. The lowest BCUT2D eigenvalue weighted by atomic mass is 10.1. The van der Waals surface area contributed by atoms with E-state index in [9.17, 15) is 9.00 Å². The number of carbonyl (C=O) groups is 1. The van der Waals surface area contributed by atoms with Crippen LogP contribution in [0, 0.1) is 0 Å². The van der Waals surface area contributed by atoms with Crippen LogP contribution in [0.3, 0.4) is 0 Å². The largest absolute Gasteiger partial charge is 0.374 e. The van der Waals surface area contributed by atoms with Crippen LogP contribution < -0.4 is 10.2 Å². The molecule has 1 atom stereocenters. The summed E-state index contributed by atoms with van der Waals surface area (Å²) in [6, 6.07) is 5.94. The number of benzene rings is 1. The van der Waals surface area contributed by atoms with Gasteiger partial charge in [0.1, 0.15) is 0 Å². The minimum absolute atomic E-state index is 0.0901. The molecule has 120 valence electrons. The van der Waals surface area contributed by atoms with Crippen molar-refractivity contribution in [1.29, 1.82) is 0 Å². The Labute approximate surface area is 134 Å². The molecule has 0 saturated carbocycles. The Morgan fingerprint density at radius 2 is 2.09 bits per heavy atom. The van der Waals surface area contributed by atoms with Gasteiger partial charge in [0.2, 0.25) is 0 Å². The third-order valence-electron chi connectivity index (χ3n) is 4.52. The van der Waals surface area contributed by atoms with Gasteiger partial charge in [-0.15, -0.1) is 0 Å². The first-order valence-electron chi connectivity index (χ1n) is 7.66. The van der Waals surface area contributed by atoms with Gasteiger partial charge in [-0.2, -0.15) is 0 Å². The van der Waals surface area contributed by atoms with Gasteiger partial charge < -0.3 is 15.1 Å². The molecular weight excluding hydrogens is 298 g/mol. The monoisotopic (exact) mass is 321 g/mol. The molecule has 2 amide bonds. The number of nitrogens with one attached hydrogen (secondary N) is 1. The Morgan fingerprint density at radius 1 is 1.32 bits per heavy atom. The number of carbonyl (C=O) groups excluding carboxylic acids is 1. The molecule has 22 heavy (non-hydrogen) atoms. The number of rotatable bonds is 1. The fraction of sp³-hybridized carbons (Fsp3) is 0.562. The van der Waals surface area contributed by atoms with Gasteiger partial charge in [0.25, 0.3) is 0 Å². The molecule has 0 radical (unpaired) electrons. The SMILES string of the molecule is CN1CCc2c(NC(=O)N3CC[S@@](=O)C(C)(C)C3)cccc21. The second-order valence-electron chi connectivity index (χ2n) is 6.64. The van der Waals surface area contributed by atoms with Gasteiger partial charge in [-0.3, -0.25) is 4.21 Å². The molecule has 6 heteroatoms. The van der Waals surface area contributed by atoms with Crippen LogP contribution in [0.2, 0.25) is 0 Å². The van der Waals surface area contributed by atoms with Crippen LogP contribution in [0.1, 0.15) is 19.4 Å². The highest BCUT2D eigenvalue weighted by atomic mass is 32.2. The second kappa shape index (κ2) is 5.57. The quantitative estimate of drug-likeness (QED) is 0.861. The topological polar surface area (TPSA) is 52.7 Å². The molecule has 0 unspecified atom stereocenters. The first-order chi connectivity index (χ1) is 10.4. The lowest BCUT2D eigenvalue weighted by Crippen LogP contribution is -2.53. The van der Waals surface area contributed by atoms with Crippen LogP contribution >= 0.6 is 0 Å². The fourth-order valence-corrected chi connectivity index (χ4v) is 4.40. The van der Waals surface area contributed by atoms with E-state index in [1.54, 1.807) is 4.90 Å². The molecule has 0 aliphatic carbocycles. The lowest BCUT2D eigenvalue weighted by molar-refractivity contribution is 0.207. The molecule has 1 fully saturated rings. The summed E-state index contributed by atoms with van der Waals surface area (Å²) in [6.45, 7) is 5.98. The van der Waals surface area contributed by atoms with Crippen molar-refractivity contribution in [1.82, 2.24) is 4.90 Å². The Bertz CT molecular complexity index is 630. The second-order valence-corrected chi connectivity index (χ2v) is 8.84. The molecule has 2 aliphatic rings. The molecule has 0 spiro atoms. The zero-order chi connectivity index (χ0) is 15.9. The number of urea groups is 1. The predicted octanol–water partition coefficient (Wildman–Crippen LogP) is 2.05. The van der Waals surface area contributed by atoms with Crippen molar-refractivity contribution >= 4 is 28.2 Å². The zero-order valence-electron chi connectivity index (χ0n) is 13.4. The number of nitrogens with zero attached hydrogens (tertiary/aromatic N) is 2. The van der Waals surface area contributed by atoms with E-state index in [2.05, 4.69) is 23.3 Å². The molecule has 3 rings (SSSR count). The molecule has 1 aromatic carbocycles. The first kappa shape index (κ1) is 15.3. The van der Waals surface area contributed by atoms with Gasteiger partial charge in [0.05, 0.1) is 4.75 Å². The van der Waals surface area contributed by atoms with Crippen molar-refractivity contribution in [2.24, 2.45) is 0 Å². The summed E-state index contributed by atoms with van der Waals surface area (Å²) >= 11 is 0. The zero-order valence-corrected chi connectivity index (χ0v) is 14.2. The van der Waals surface area contributed by atoms with Crippen molar-refractivity contribution < 1.29 is 9.00 Å². The third kappa shape index (κ3) is 2.72. The molecule has 0 bridgehead atoms. The number of amides is 2. The average Bonchev–Trinajstić information content (AvgIpc) is 2.85. The highest BCUT2D eigenvalue weighted by Gasteiger charge is 2.35. The number of hydrogen-bond acceptors (Lipinski definition) is 3. The molecule has 2 heterocycles. The van der Waals surface area contributed by atoms with E-state index in [0.717, 1.165) is 18.7 Å². The Morgan fingerprint density at radius 3 is 2.82 bits per heavy atom. The number of hydrogen-bond donors (Lipinski definition) is 1. The first-order valence-corrected chi connectivity index (χ1v) is 8.98. The third-order valence-corrected chi connectivity index (χ3v) is 6.44. The molecule has 1 saturated heterocycles. The van der Waals surface area contributed by atoms with E-state index >= 15 is 0 Å². The summed E-state index contributed by atoms with van der Waals surface area (Å²) in [5.41, 5.74) is 3.30. The fourth-order valence-electron chi connectivity index (χ4n) is 3.16. The summed E-state index contributed by atoms with van der Waals surface area (Å²) in [5.74, 6) is 0.552. The number of fused-ring (bicyclic) bond motifs is 1. The summed E-state index contributed by atoms with van der Waals surface area (Å²) in [7, 11) is 1.20. The number of anilines is 2. The number of likely N-dealkylation sites (N-methyl/N-ethyl adjacent to an activating group) is 1. The maximum Gasteiger partial charge on any atom is 0.321 e. The van der Waals surface area contributed by atoms with Crippen LogP contribution in [0.15, 0.2) is 18.2 Å². The van der Waals surface area contributed by atoms with E-state index in [1.807, 2.05) is 26.0 Å². The van der Waals surface area contributed by atoms with Crippen LogP contribution in [-0.4, -0.2) is 52.3 Å². The minimum atomic E-state index is -0.867. The van der Waals surface area contributed by atoms with Crippen molar-refractivity contribution in [3.63, 3.8) is 0 Å². The van der Waals surface area contributed by atoms with E-state index < -0.39 is 10.8 Å². The van der Waals surface area contributed by atoms with Crippen molar-refractivity contribution in [2.75, 3.05) is 42.7 Å². The van der Waals surface area contributed by atoms with Gasteiger partial charge in [-0.25, -0.2) is 4.79 Å². The van der Waals surface area contributed by atoms with Gasteiger partial charge in [0, 0.05) is 60.2 Å². The van der Waals surface area contributed by atoms with E-state index in [1.165, 1.54) is 11.3 Å². The molecular formula is C16H23N3O2S. The Balaban J connectivity index is 1.75. The average molecular weight is 321 g/mol. The van der Waals surface area contributed by atoms with E-state index in [-0.39, 0.29) is 10.8 Å². The molecule has 1 N–H and O–H groups in total. The molecule has 2 aliphatic heterocycles. The maximum absolute atomic E-state index is 12.5. The normalized spacial score (nSPS) is 23.3. The summed E-state index contributed by atoms with van der Waals surface area (Å²) in [6.07, 6.45) is 0.956. The Kier molecular flexibility index (Phi) is 3.89. The lowest BCUT2D eigenvalue weighted by Gasteiger charge is -2.37. The van der Waals surface area contributed by atoms with Crippen molar-refractivity contribution in [3.8, 4) is 0 Å². The maximum atomic E-state index is 12.5. The molecule has 0 aromatic heterocycles. The van der Waals surface area contributed by atoms with E-state index in [0.29, 0.717) is 18.8 Å². The van der Waals surface area contributed by atoms with E-state index in [4.69, 9.17) is 0 Å². The van der Waals surface area contributed by atoms with Gasteiger partial charge in [-0.1, -0.05) is 6.07 Å². The van der Waals surface area contributed by atoms with Crippen LogP contribution in [0.25, 0.3) is 0 Å². The standard InChI is InChI=1S/C16H23N3O2S/c1-16(2)11-19(9-10-22(16)21)15(20)17-13-5-4-6-14-12(13)7-8-18(14)3/h4-6H,7-11H2,1-3H3,(H,17,20)/t22-/m1/s1. The van der Waals surface area contributed by atoms with Gasteiger partial charge in [0.15, 0.2) is 0 Å². The highest BCUT2D eigenvalue weighted by Crippen LogP contribution is 2.32. The molecule has 1 aromatic rings. The van der Waals surface area contributed by atoms with Crippen LogP contribution in [0.4, 0.5) is 16.2 Å². The highest BCUT2D eigenvalue weighted by molar-refractivity contribution is 7.86. The van der Waals surface area contributed by atoms with Gasteiger partial charge >= 0.3 is 6.03 Å². The van der Waals surface area contributed by atoms with Crippen molar-refractivity contribution in [3.05, 3.63) is 23.8 Å². The van der Waals surface area contributed by atoms with Crippen LogP contribution in [-0.2, 0) is 17.2 Å². The summed E-state index contributed by atoms with van der Waals surface area (Å²) in [4.78, 5) is 16.5. The molecule has 5 nitrogen and oxygen atoms in total. The smallest absolute Gasteiger partial charge is 0.321 e. The Hall–Kier alpha value is -1.56. The summed E-state index contributed by atoms with van der Waals surface area (Å²) in [5, 5.41) is 3.05. The summed E-state index contributed by atoms with van der Waals surface area (Å²) < 4.78 is 11.6. The van der Waals surface area contributed by atoms with Crippen molar-refractivity contribution in [2.45, 2.75) is 25.0 Å². The minimum Gasteiger partial charge on any atom is -0.374 e.